The van der Waals surface area contributed by atoms with Gasteiger partial charge in [-0.3, -0.25) is 14.3 Å². The normalized spacial score (nSPS) is 10.8. The summed E-state index contributed by atoms with van der Waals surface area (Å²) in [5.74, 6) is -0.0515. The molecule has 0 aliphatic carbocycles. The minimum Gasteiger partial charge on any atom is -0.496 e. The second-order valence-corrected chi connectivity index (χ2v) is 5.37. The molecule has 4 aromatic rings. The Morgan fingerprint density at radius 2 is 2.15 bits per heavy atom. The molecule has 0 saturated heterocycles. The van der Waals surface area contributed by atoms with Crippen LogP contribution in [0.4, 0.5) is 16.2 Å². The van der Waals surface area contributed by atoms with Gasteiger partial charge in [-0.2, -0.15) is 10.1 Å². The summed E-state index contributed by atoms with van der Waals surface area (Å²) >= 11 is 0. The number of ether oxygens (including phenoxy) is 1. The third kappa shape index (κ3) is 2.75. The molecule has 0 fully saturated rings. The van der Waals surface area contributed by atoms with E-state index in [1.165, 1.54) is 19.2 Å². The molecule has 2 N–H and O–H groups in total. The summed E-state index contributed by atoms with van der Waals surface area (Å²) < 4.78 is 20.4. The molecule has 4 rings (SSSR count). The minimum absolute atomic E-state index is 0.0501. The van der Waals surface area contributed by atoms with E-state index in [0.717, 1.165) is 6.07 Å². The van der Waals surface area contributed by atoms with E-state index in [-0.39, 0.29) is 17.1 Å². The average molecular weight is 352 g/mol. The number of carbonyl (C=O) groups excluding carboxylic acids is 1. The summed E-state index contributed by atoms with van der Waals surface area (Å²) in [5.41, 5.74) is 0.561. The van der Waals surface area contributed by atoms with Crippen molar-refractivity contribution < 1.29 is 13.9 Å². The van der Waals surface area contributed by atoms with Crippen LogP contribution in [0.25, 0.3) is 5.65 Å². The Labute approximate surface area is 146 Å². The molecule has 3 heterocycles. The molecule has 0 atom stereocenters. The van der Waals surface area contributed by atoms with Crippen LogP contribution < -0.4 is 10.1 Å². The maximum atomic E-state index is 13.6. The van der Waals surface area contributed by atoms with Gasteiger partial charge < -0.3 is 10.1 Å². The average Bonchev–Trinajstić information content (AvgIpc) is 3.32. The van der Waals surface area contributed by atoms with E-state index in [4.69, 9.17) is 4.74 Å². The number of aromatic nitrogens is 5. The molecular weight excluding hydrogens is 339 g/mol. The highest BCUT2D eigenvalue weighted by atomic mass is 19.1. The number of rotatable bonds is 5. The van der Waals surface area contributed by atoms with Gasteiger partial charge in [0.2, 0.25) is 17.6 Å². The topological polar surface area (TPSA) is 97.2 Å². The predicted octanol–water partition coefficient (Wildman–Crippen LogP) is 2.57. The third-order valence-corrected chi connectivity index (χ3v) is 3.74. The highest BCUT2D eigenvalue weighted by Gasteiger charge is 2.20. The lowest BCUT2D eigenvalue weighted by Crippen LogP contribution is -2.13. The van der Waals surface area contributed by atoms with Gasteiger partial charge in [-0.05, 0) is 30.3 Å². The highest BCUT2D eigenvalue weighted by Crippen LogP contribution is 2.23. The molecule has 0 radical (unpaired) electrons. The Kier molecular flexibility index (Phi) is 3.81. The molecule has 0 bridgehead atoms. The molecule has 1 aromatic carbocycles. The first kappa shape index (κ1) is 15.8. The number of hydrogen-bond donors (Lipinski definition) is 2. The number of aromatic amines is 1. The second-order valence-electron chi connectivity index (χ2n) is 5.37. The number of carbonyl (C=O) groups is 1. The number of halogens is 1. The van der Waals surface area contributed by atoms with E-state index < -0.39 is 11.6 Å². The first-order valence-corrected chi connectivity index (χ1v) is 7.66. The summed E-state index contributed by atoms with van der Waals surface area (Å²) in [5, 5.41) is 9.71. The molecule has 8 nitrogen and oxygen atoms in total. The number of H-pyrrole nitrogens is 1. The molecule has 0 aliphatic rings. The van der Waals surface area contributed by atoms with Crippen molar-refractivity contribution in [3.8, 4) is 5.75 Å². The van der Waals surface area contributed by atoms with Crippen LogP contribution in [0.2, 0.25) is 0 Å². The van der Waals surface area contributed by atoms with Gasteiger partial charge in [-0.15, -0.1) is 0 Å². The van der Waals surface area contributed by atoms with Crippen LogP contribution in [0.3, 0.4) is 0 Å². The van der Waals surface area contributed by atoms with Crippen molar-refractivity contribution in [3.63, 3.8) is 0 Å². The molecule has 9 heteroatoms. The molecular formula is C17H13FN6O2. The molecule has 3 aromatic heterocycles. The molecule has 0 unspecified atom stereocenters. The molecule has 130 valence electrons. The van der Waals surface area contributed by atoms with Crippen LogP contribution in [-0.4, -0.2) is 37.5 Å². The monoisotopic (exact) mass is 352 g/mol. The molecule has 0 amide bonds. The lowest BCUT2D eigenvalue weighted by atomic mass is 10.1. The van der Waals surface area contributed by atoms with Crippen LogP contribution in [-0.2, 0) is 0 Å². The summed E-state index contributed by atoms with van der Waals surface area (Å²) in [7, 11) is 1.41. The van der Waals surface area contributed by atoms with Gasteiger partial charge in [0.15, 0.2) is 5.82 Å². The number of hydrogen-bond acceptors (Lipinski definition) is 6. The summed E-state index contributed by atoms with van der Waals surface area (Å²) in [6.45, 7) is 0. The number of methoxy groups -OCH3 is 1. The predicted molar refractivity (Wildman–Crippen MR) is 91.2 cm³/mol. The van der Waals surface area contributed by atoms with Crippen LogP contribution in [0.15, 0.2) is 48.8 Å². The zero-order valence-electron chi connectivity index (χ0n) is 13.6. The highest BCUT2D eigenvalue weighted by molar-refractivity contribution is 6.08. The number of fused-ring (bicyclic) bond motifs is 1. The Balaban J connectivity index is 1.82. The van der Waals surface area contributed by atoms with Crippen LogP contribution in [0.5, 0.6) is 5.75 Å². The maximum absolute atomic E-state index is 13.6. The van der Waals surface area contributed by atoms with Gasteiger partial charge in [-0.1, -0.05) is 0 Å². The van der Waals surface area contributed by atoms with E-state index in [2.05, 4.69) is 25.5 Å². The van der Waals surface area contributed by atoms with E-state index in [1.54, 1.807) is 35.0 Å². The summed E-state index contributed by atoms with van der Waals surface area (Å²) in [6, 6.07) is 8.94. The lowest BCUT2D eigenvalue weighted by Gasteiger charge is -2.10. The van der Waals surface area contributed by atoms with Gasteiger partial charge >= 0.3 is 0 Å². The molecule has 0 saturated carbocycles. The quantitative estimate of drug-likeness (QED) is 0.536. The van der Waals surface area contributed by atoms with Crippen molar-refractivity contribution in [2.75, 3.05) is 12.4 Å². The Morgan fingerprint density at radius 3 is 2.92 bits per heavy atom. The molecule has 0 spiro atoms. The lowest BCUT2D eigenvalue weighted by molar-refractivity contribution is 0.102. The van der Waals surface area contributed by atoms with Crippen LogP contribution in [0, 0.1) is 5.82 Å². The van der Waals surface area contributed by atoms with Crippen molar-refractivity contribution in [3.05, 3.63) is 66.0 Å². The SMILES string of the molecule is COc1ccc(F)cc1C(=O)c1nc(Nc2cc[nH]n2)n2cccc2n1. The Morgan fingerprint density at radius 1 is 1.27 bits per heavy atom. The van der Waals surface area contributed by atoms with E-state index in [1.807, 2.05) is 0 Å². The van der Waals surface area contributed by atoms with E-state index in [9.17, 15) is 9.18 Å². The minimum atomic E-state index is -0.548. The van der Waals surface area contributed by atoms with E-state index in [0.29, 0.717) is 17.4 Å². The Bertz CT molecular complexity index is 1090. The van der Waals surface area contributed by atoms with Crippen molar-refractivity contribution in [1.82, 2.24) is 24.6 Å². The summed E-state index contributed by atoms with van der Waals surface area (Å²) in [6.07, 6.45) is 3.40. The molecule has 26 heavy (non-hydrogen) atoms. The van der Waals surface area contributed by atoms with Gasteiger partial charge in [0.25, 0.3) is 0 Å². The van der Waals surface area contributed by atoms with Crippen LogP contribution >= 0.6 is 0 Å². The second kappa shape index (κ2) is 6.28. The Hall–Kier alpha value is -3.75. The van der Waals surface area contributed by atoms with Gasteiger partial charge in [0.1, 0.15) is 17.2 Å². The largest absolute Gasteiger partial charge is 0.496 e. The van der Waals surface area contributed by atoms with E-state index >= 15 is 0 Å². The number of nitrogens with one attached hydrogen (secondary N) is 2. The maximum Gasteiger partial charge on any atom is 0.234 e. The fraction of sp³-hybridized carbons (Fsp3) is 0.0588. The first-order chi connectivity index (χ1) is 12.7. The van der Waals surface area contributed by atoms with Gasteiger partial charge in [0, 0.05) is 18.5 Å². The number of anilines is 2. The first-order valence-electron chi connectivity index (χ1n) is 7.66. The third-order valence-electron chi connectivity index (χ3n) is 3.74. The fourth-order valence-corrected chi connectivity index (χ4v) is 2.54. The van der Waals surface area contributed by atoms with Crippen molar-refractivity contribution >= 4 is 23.2 Å². The smallest absolute Gasteiger partial charge is 0.234 e. The van der Waals surface area contributed by atoms with Crippen molar-refractivity contribution in [1.29, 1.82) is 0 Å². The summed E-state index contributed by atoms with van der Waals surface area (Å²) in [4.78, 5) is 21.4. The zero-order chi connectivity index (χ0) is 18.1. The van der Waals surface area contributed by atoms with Gasteiger partial charge in [0.05, 0.1) is 12.7 Å². The van der Waals surface area contributed by atoms with Crippen LogP contribution in [0.1, 0.15) is 16.2 Å². The van der Waals surface area contributed by atoms with Gasteiger partial charge in [-0.25, -0.2) is 9.37 Å². The van der Waals surface area contributed by atoms with Crippen molar-refractivity contribution in [2.45, 2.75) is 0 Å². The number of benzene rings is 1. The number of ketones is 1. The van der Waals surface area contributed by atoms with Crippen molar-refractivity contribution in [2.24, 2.45) is 0 Å². The fourth-order valence-electron chi connectivity index (χ4n) is 2.54. The number of nitrogens with zero attached hydrogens (tertiary/aromatic N) is 4. The molecule has 0 aliphatic heterocycles. The standard InChI is InChI=1S/C17H13FN6O2/c1-26-12-5-4-10(18)9-11(12)15(25)16-21-14-3-2-8-24(14)17(22-16)20-13-6-7-19-23-13/h2-9H,1H3,(H2,19,20,21,22,23). The zero-order valence-corrected chi connectivity index (χ0v) is 13.6.